The van der Waals surface area contributed by atoms with Crippen molar-refractivity contribution in [2.75, 3.05) is 6.61 Å². The van der Waals surface area contributed by atoms with Gasteiger partial charge in [0.15, 0.2) is 18.2 Å². The molecule has 17 heavy (non-hydrogen) atoms. The number of carbonyl (C=O) groups is 2. The summed E-state index contributed by atoms with van der Waals surface area (Å²) in [5, 5.41) is 2.61. The van der Waals surface area contributed by atoms with Gasteiger partial charge in [0, 0.05) is 11.6 Å². The maximum Gasteiger partial charge on any atom is 0.258 e. The molecule has 0 unspecified atom stereocenters. The number of hydrogen-bond donors (Lipinski definition) is 1. The molecular weight excluding hydrogens is 225 g/mol. The topological polar surface area (TPSA) is 55.4 Å². The fourth-order valence-electron chi connectivity index (χ4n) is 1.21. The molecule has 4 nitrogen and oxygen atoms in total. The summed E-state index contributed by atoms with van der Waals surface area (Å²) in [5.74, 6) is -1.03. The fraction of sp³-hybridized carbons (Fsp3) is 0.333. The Labute approximate surface area is 98.8 Å². The summed E-state index contributed by atoms with van der Waals surface area (Å²) >= 11 is 0. The van der Waals surface area contributed by atoms with Crippen molar-refractivity contribution >= 4 is 12.2 Å². The summed E-state index contributed by atoms with van der Waals surface area (Å²) in [6.45, 7) is 3.38. The normalized spacial score (nSPS) is 10.1. The Morgan fingerprint density at radius 3 is 2.76 bits per heavy atom. The van der Waals surface area contributed by atoms with Crippen molar-refractivity contribution in [2.45, 2.75) is 19.9 Å². The summed E-state index contributed by atoms with van der Waals surface area (Å²) in [6, 6.07) is 3.81. The highest BCUT2D eigenvalue weighted by molar-refractivity contribution is 5.78. The fourth-order valence-corrected chi connectivity index (χ4v) is 1.21. The van der Waals surface area contributed by atoms with Crippen LogP contribution in [0.2, 0.25) is 0 Å². The van der Waals surface area contributed by atoms with Gasteiger partial charge in [0.1, 0.15) is 6.29 Å². The van der Waals surface area contributed by atoms with Crippen molar-refractivity contribution in [3.8, 4) is 5.75 Å². The predicted octanol–water partition coefficient (Wildman–Crippen LogP) is 1.54. The van der Waals surface area contributed by atoms with Gasteiger partial charge in [-0.25, -0.2) is 4.39 Å². The Bertz CT molecular complexity index is 418. The number of amides is 1. The van der Waals surface area contributed by atoms with Crippen molar-refractivity contribution in [2.24, 2.45) is 0 Å². The average molecular weight is 239 g/mol. The lowest BCUT2D eigenvalue weighted by molar-refractivity contribution is -0.123. The summed E-state index contributed by atoms with van der Waals surface area (Å²) in [4.78, 5) is 21.6. The molecule has 92 valence electrons. The van der Waals surface area contributed by atoms with Crippen LogP contribution in [0.1, 0.15) is 24.2 Å². The Hall–Kier alpha value is -1.91. The van der Waals surface area contributed by atoms with E-state index in [1.807, 2.05) is 13.8 Å². The van der Waals surface area contributed by atoms with Gasteiger partial charge < -0.3 is 10.1 Å². The van der Waals surface area contributed by atoms with Crippen LogP contribution in [0.15, 0.2) is 18.2 Å². The summed E-state index contributed by atoms with van der Waals surface area (Å²) < 4.78 is 18.3. The van der Waals surface area contributed by atoms with E-state index in [1.54, 1.807) is 0 Å². The summed E-state index contributed by atoms with van der Waals surface area (Å²) in [6.07, 6.45) is 0.540. The lowest BCUT2D eigenvalue weighted by atomic mass is 10.2. The summed E-state index contributed by atoms with van der Waals surface area (Å²) in [7, 11) is 0. The second-order valence-corrected chi connectivity index (χ2v) is 3.82. The molecule has 0 aliphatic carbocycles. The standard InChI is InChI=1S/C12H14FNO3/c1-8(2)14-12(16)7-17-11-4-3-9(6-15)5-10(11)13/h3-6,8H,7H2,1-2H3,(H,14,16). The molecule has 1 aromatic carbocycles. The molecule has 1 amide bonds. The number of benzene rings is 1. The maximum absolute atomic E-state index is 13.3. The van der Waals surface area contributed by atoms with E-state index in [2.05, 4.69) is 5.32 Å². The van der Waals surface area contributed by atoms with Gasteiger partial charge in [0.05, 0.1) is 0 Å². The van der Waals surface area contributed by atoms with E-state index < -0.39 is 5.82 Å². The first kappa shape index (κ1) is 13.2. The number of nitrogens with one attached hydrogen (secondary N) is 1. The quantitative estimate of drug-likeness (QED) is 0.793. The largest absolute Gasteiger partial charge is 0.481 e. The van der Waals surface area contributed by atoms with E-state index in [4.69, 9.17) is 4.74 Å². The number of ether oxygens (including phenoxy) is 1. The third kappa shape index (κ3) is 4.22. The van der Waals surface area contributed by atoms with Gasteiger partial charge in [-0.1, -0.05) is 0 Å². The highest BCUT2D eigenvalue weighted by Gasteiger charge is 2.08. The number of aldehydes is 1. The van der Waals surface area contributed by atoms with Crippen LogP contribution in [0, 0.1) is 5.82 Å². The van der Waals surface area contributed by atoms with E-state index in [9.17, 15) is 14.0 Å². The van der Waals surface area contributed by atoms with Crippen LogP contribution in [0.5, 0.6) is 5.75 Å². The van der Waals surface area contributed by atoms with Crippen LogP contribution >= 0.6 is 0 Å². The number of hydrogen-bond acceptors (Lipinski definition) is 3. The zero-order valence-corrected chi connectivity index (χ0v) is 9.70. The molecule has 1 N–H and O–H groups in total. The van der Waals surface area contributed by atoms with Crippen molar-refractivity contribution in [3.05, 3.63) is 29.6 Å². The molecule has 0 heterocycles. The van der Waals surface area contributed by atoms with E-state index >= 15 is 0 Å². The molecule has 5 heteroatoms. The minimum Gasteiger partial charge on any atom is -0.481 e. The first-order valence-electron chi connectivity index (χ1n) is 5.20. The van der Waals surface area contributed by atoms with Crippen molar-refractivity contribution in [3.63, 3.8) is 0 Å². The monoisotopic (exact) mass is 239 g/mol. The minimum absolute atomic E-state index is 0.00777. The zero-order valence-electron chi connectivity index (χ0n) is 9.70. The second kappa shape index (κ2) is 5.98. The minimum atomic E-state index is -0.660. The van der Waals surface area contributed by atoms with E-state index in [0.717, 1.165) is 6.07 Å². The van der Waals surface area contributed by atoms with Crippen LogP contribution in [0.3, 0.4) is 0 Å². The molecule has 0 aliphatic rings. The van der Waals surface area contributed by atoms with Crippen molar-refractivity contribution in [1.82, 2.24) is 5.32 Å². The molecule has 0 radical (unpaired) electrons. The van der Waals surface area contributed by atoms with Crippen LogP contribution in [-0.2, 0) is 4.79 Å². The van der Waals surface area contributed by atoms with E-state index in [-0.39, 0.29) is 29.9 Å². The molecule has 0 atom stereocenters. The van der Waals surface area contributed by atoms with Crippen LogP contribution in [-0.4, -0.2) is 24.8 Å². The third-order valence-electron chi connectivity index (χ3n) is 1.90. The molecule has 1 aromatic rings. The highest BCUT2D eigenvalue weighted by atomic mass is 19.1. The summed E-state index contributed by atoms with van der Waals surface area (Å²) in [5.41, 5.74) is 0.224. The Kier molecular flexibility index (Phi) is 4.63. The molecule has 0 aromatic heterocycles. The molecule has 0 spiro atoms. The first-order valence-corrected chi connectivity index (χ1v) is 5.20. The van der Waals surface area contributed by atoms with Gasteiger partial charge in [-0.15, -0.1) is 0 Å². The zero-order chi connectivity index (χ0) is 12.8. The smallest absolute Gasteiger partial charge is 0.258 e. The average Bonchev–Trinajstić information content (AvgIpc) is 2.26. The van der Waals surface area contributed by atoms with Crippen LogP contribution in [0.4, 0.5) is 4.39 Å². The van der Waals surface area contributed by atoms with E-state index in [1.165, 1.54) is 12.1 Å². The second-order valence-electron chi connectivity index (χ2n) is 3.82. The lowest BCUT2D eigenvalue weighted by Gasteiger charge is -2.10. The Balaban J connectivity index is 2.57. The van der Waals surface area contributed by atoms with Crippen molar-refractivity contribution in [1.29, 1.82) is 0 Å². The Morgan fingerprint density at radius 1 is 1.53 bits per heavy atom. The number of halogens is 1. The highest BCUT2D eigenvalue weighted by Crippen LogP contribution is 2.17. The maximum atomic E-state index is 13.3. The van der Waals surface area contributed by atoms with Gasteiger partial charge in [-0.3, -0.25) is 9.59 Å². The number of carbonyl (C=O) groups excluding carboxylic acids is 2. The molecule has 0 bridgehead atoms. The van der Waals surface area contributed by atoms with E-state index in [0.29, 0.717) is 6.29 Å². The third-order valence-corrected chi connectivity index (χ3v) is 1.90. The molecule has 0 fully saturated rings. The number of rotatable bonds is 5. The predicted molar refractivity (Wildman–Crippen MR) is 60.6 cm³/mol. The van der Waals surface area contributed by atoms with Crippen molar-refractivity contribution < 1.29 is 18.7 Å². The molecule has 0 saturated carbocycles. The van der Waals surface area contributed by atoms with Crippen LogP contribution in [0.25, 0.3) is 0 Å². The lowest BCUT2D eigenvalue weighted by Crippen LogP contribution is -2.34. The van der Waals surface area contributed by atoms with Gasteiger partial charge in [-0.2, -0.15) is 0 Å². The van der Waals surface area contributed by atoms with Gasteiger partial charge in [0.25, 0.3) is 5.91 Å². The van der Waals surface area contributed by atoms with Gasteiger partial charge >= 0.3 is 0 Å². The molecule has 1 rings (SSSR count). The van der Waals surface area contributed by atoms with Gasteiger partial charge in [-0.05, 0) is 32.0 Å². The molecule has 0 aliphatic heterocycles. The molecular formula is C12H14FNO3. The first-order chi connectivity index (χ1) is 8.02. The van der Waals surface area contributed by atoms with Crippen LogP contribution < -0.4 is 10.1 Å². The van der Waals surface area contributed by atoms with Gasteiger partial charge in [0.2, 0.25) is 0 Å². The molecule has 0 saturated heterocycles. The Morgan fingerprint density at radius 2 is 2.24 bits per heavy atom. The SMILES string of the molecule is CC(C)NC(=O)COc1ccc(C=O)cc1F.